The third-order valence-corrected chi connectivity index (χ3v) is 5.90. The summed E-state index contributed by atoms with van der Waals surface area (Å²) in [5, 5.41) is 0. The minimum atomic E-state index is -4.43. The molecule has 3 unspecified atom stereocenters. The van der Waals surface area contributed by atoms with Gasteiger partial charge in [-0.25, -0.2) is 0 Å². The van der Waals surface area contributed by atoms with Crippen LogP contribution in [0.1, 0.15) is 54.9 Å². The highest BCUT2D eigenvalue weighted by Crippen LogP contribution is 2.41. The summed E-state index contributed by atoms with van der Waals surface area (Å²) in [6.45, 7) is 1.78. The lowest BCUT2D eigenvalue weighted by Crippen LogP contribution is -2.55. The molecule has 2 heterocycles. The number of carbonyl (C=O) groups is 2. The molecule has 0 radical (unpaired) electrons. The molecule has 1 amide bonds. The van der Waals surface area contributed by atoms with Crippen molar-refractivity contribution in [3.63, 3.8) is 0 Å². The average Bonchev–Trinajstić information content (AvgIpc) is 2.64. The highest BCUT2D eigenvalue weighted by molar-refractivity contribution is 5.95. The molecule has 3 rings (SSSR count). The van der Waals surface area contributed by atoms with Crippen LogP contribution in [0, 0.1) is 11.8 Å². The molecule has 3 atom stereocenters. The van der Waals surface area contributed by atoms with Crippen molar-refractivity contribution in [1.82, 2.24) is 4.90 Å². The predicted molar refractivity (Wildman–Crippen MR) is 91.2 cm³/mol. The van der Waals surface area contributed by atoms with Crippen molar-refractivity contribution in [1.29, 1.82) is 0 Å². The van der Waals surface area contributed by atoms with E-state index in [1.165, 1.54) is 12.1 Å². The SMILES string of the molecule is CC(C(=O)ON)C1CC2CCCC(C1)N2C(=O)c1ccc(C(F)(F)F)cc1. The van der Waals surface area contributed by atoms with Crippen molar-refractivity contribution in [2.75, 3.05) is 0 Å². The molecular formula is C19H23F3N2O3. The van der Waals surface area contributed by atoms with Gasteiger partial charge in [0.25, 0.3) is 5.91 Å². The summed E-state index contributed by atoms with van der Waals surface area (Å²) in [6, 6.07) is 4.31. The first-order valence-corrected chi connectivity index (χ1v) is 9.13. The molecule has 2 aliphatic rings. The number of hydrogen-bond donors (Lipinski definition) is 1. The highest BCUT2D eigenvalue weighted by Gasteiger charge is 2.44. The van der Waals surface area contributed by atoms with Gasteiger partial charge in [0.1, 0.15) is 0 Å². The van der Waals surface area contributed by atoms with Crippen LogP contribution in [0.4, 0.5) is 13.2 Å². The van der Waals surface area contributed by atoms with Gasteiger partial charge in [0.15, 0.2) is 0 Å². The summed E-state index contributed by atoms with van der Waals surface area (Å²) in [5.74, 6) is 4.02. The van der Waals surface area contributed by atoms with Crippen molar-refractivity contribution in [2.24, 2.45) is 17.7 Å². The van der Waals surface area contributed by atoms with Crippen LogP contribution in [0.25, 0.3) is 0 Å². The number of carbonyl (C=O) groups excluding carboxylic acids is 2. The molecule has 2 fully saturated rings. The number of alkyl halides is 3. The molecule has 2 aliphatic heterocycles. The van der Waals surface area contributed by atoms with E-state index in [1.807, 2.05) is 4.90 Å². The van der Waals surface area contributed by atoms with Gasteiger partial charge in [0, 0.05) is 17.6 Å². The smallest absolute Gasteiger partial charge is 0.373 e. The Morgan fingerprint density at radius 3 is 2.19 bits per heavy atom. The second-order valence-electron chi connectivity index (χ2n) is 7.48. The normalized spacial score (nSPS) is 26.4. The average molecular weight is 384 g/mol. The van der Waals surface area contributed by atoms with E-state index in [0.29, 0.717) is 12.8 Å². The van der Waals surface area contributed by atoms with Crippen LogP contribution in [0.3, 0.4) is 0 Å². The number of amides is 1. The molecule has 1 aromatic rings. The Kier molecular flexibility index (Phi) is 5.46. The third-order valence-electron chi connectivity index (χ3n) is 5.90. The van der Waals surface area contributed by atoms with E-state index >= 15 is 0 Å². The molecule has 1 aromatic carbocycles. The number of benzene rings is 1. The van der Waals surface area contributed by atoms with E-state index in [4.69, 9.17) is 5.90 Å². The van der Waals surface area contributed by atoms with E-state index in [1.54, 1.807) is 6.92 Å². The fraction of sp³-hybridized carbons (Fsp3) is 0.579. The van der Waals surface area contributed by atoms with Gasteiger partial charge in [-0.2, -0.15) is 19.1 Å². The first-order chi connectivity index (χ1) is 12.7. The monoisotopic (exact) mass is 384 g/mol. The van der Waals surface area contributed by atoms with Crippen molar-refractivity contribution >= 4 is 11.9 Å². The molecule has 2 saturated heterocycles. The standard InChI is InChI=1S/C19H23F3N2O3/c1-11(18(26)27-23)13-9-15-3-2-4-16(10-13)24(15)17(25)12-5-7-14(8-6-12)19(20,21)22/h5-8,11,13,15-16H,2-4,9-10,23H2,1H3. The van der Waals surface area contributed by atoms with E-state index < -0.39 is 17.7 Å². The molecule has 0 saturated carbocycles. The summed E-state index contributed by atoms with van der Waals surface area (Å²) in [5.41, 5.74) is -0.514. The zero-order valence-corrected chi connectivity index (χ0v) is 15.0. The first-order valence-electron chi connectivity index (χ1n) is 9.13. The summed E-state index contributed by atoms with van der Waals surface area (Å²) in [7, 11) is 0. The largest absolute Gasteiger partial charge is 0.416 e. The lowest BCUT2D eigenvalue weighted by atomic mass is 9.73. The topological polar surface area (TPSA) is 72.6 Å². The van der Waals surface area contributed by atoms with E-state index in [0.717, 1.165) is 31.4 Å². The Labute approximate surface area is 155 Å². The Morgan fingerprint density at radius 2 is 1.70 bits per heavy atom. The van der Waals surface area contributed by atoms with Gasteiger partial charge >= 0.3 is 12.1 Å². The molecule has 148 valence electrons. The number of nitrogens with two attached hydrogens (primary N) is 1. The third kappa shape index (κ3) is 3.95. The van der Waals surface area contributed by atoms with Crippen molar-refractivity contribution in [2.45, 2.75) is 57.3 Å². The number of rotatable bonds is 3. The van der Waals surface area contributed by atoms with Gasteiger partial charge in [-0.15, -0.1) is 0 Å². The molecule has 2 N–H and O–H groups in total. The van der Waals surface area contributed by atoms with E-state index in [2.05, 4.69) is 4.84 Å². The second-order valence-corrected chi connectivity index (χ2v) is 7.48. The maximum absolute atomic E-state index is 13.0. The van der Waals surface area contributed by atoms with Crippen LogP contribution in [0.15, 0.2) is 24.3 Å². The van der Waals surface area contributed by atoms with E-state index in [-0.39, 0.29) is 35.4 Å². The Hall–Kier alpha value is -2.09. The van der Waals surface area contributed by atoms with E-state index in [9.17, 15) is 22.8 Å². The quantitative estimate of drug-likeness (QED) is 0.810. The van der Waals surface area contributed by atoms with Gasteiger partial charge in [0.05, 0.1) is 11.5 Å². The fourth-order valence-electron chi connectivity index (χ4n) is 4.41. The minimum absolute atomic E-state index is 0.0229. The lowest BCUT2D eigenvalue weighted by Gasteiger charge is -2.49. The summed E-state index contributed by atoms with van der Waals surface area (Å²) >= 11 is 0. The maximum atomic E-state index is 13.0. The number of piperidine rings is 2. The van der Waals surface area contributed by atoms with Crippen molar-refractivity contribution in [3.05, 3.63) is 35.4 Å². The van der Waals surface area contributed by atoms with Crippen LogP contribution in [0.5, 0.6) is 0 Å². The van der Waals surface area contributed by atoms with Crippen LogP contribution in [-0.4, -0.2) is 28.9 Å². The summed E-state index contributed by atoms with van der Waals surface area (Å²) in [6.07, 6.45) is -0.454. The Balaban J connectivity index is 1.77. The Bertz CT molecular complexity index is 691. The Morgan fingerprint density at radius 1 is 1.15 bits per heavy atom. The predicted octanol–water partition coefficient (Wildman–Crippen LogP) is 3.53. The fourth-order valence-corrected chi connectivity index (χ4v) is 4.41. The molecule has 5 nitrogen and oxygen atoms in total. The molecule has 0 aliphatic carbocycles. The maximum Gasteiger partial charge on any atom is 0.416 e. The molecular weight excluding hydrogens is 361 g/mol. The van der Waals surface area contributed by atoms with Gasteiger partial charge < -0.3 is 9.74 Å². The van der Waals surface area contributed by atoms with Gasteiger partial charge in [-0.1, -0.05) is 6.92 Å². The summed E-state index contributed by atoms with van der Waals surface area (Å²) in [4.78, 5) is 30.9. The molecule has 0 aromatic heterocycles. The summed E-state index contributed by atoms with van der Waals surface area (Å²) < 4.78 is 38.2. The van der Waals surface area contributed by atoms with Gasteiger partial charge in [-0.05, 0) is 62.3 Å². The number of halogens is 3. The van der Waals surface area contributed by atoms with Crippen LogP contribution in [-0.2, 0) is 15.8 Å². The van der Waals surface area contributed by atoms with Gasteiger partial charge in [0.2, 0.25) is 0 Å². The molecule has 2 bridgehead atoms. The number of fused-ring (bicyclic) bond motifs is 2. The molecule has 27 heavy (non-hydrogen) atoms. The molecule has 0 spiro atoms. The van der Waals surface area contributed by atoms with Crippen LogP contribution >= 0.6 is 0 Å². The van der Waals surface area contributed by atoms with Crippen LogP contribution < -0.4 is 5.90 Å². The van der Waals surface area contributed by atoms with Crippen molar-refractivity contribution in [3.8, 4) is 0 Å². The lowest BCUT2D eigenvalue weighted by molar-refractivity contribution is -0.151. The van der Waals surface area contributed by atoms with Gasteiger partial charge in [-0.3, -0.25) is 9.59 Å². The highest BCUT2D eigenvalue weighted by atomic mass is 19.4. The second kappa shape index (κ2) is 7.50. The first kappa shape index (κ1) is 19.7. The number of hydrogen-bond acceptors (Lipinski definition) is 4. The zero-order chi connectivity index (χ0) is 19.8. The zero-order valence-electron chi connectivity index (χ0n) is 15.0. The van der Waals surface area contributed by atoms with Crippen molar-refractivity contribution < 1.29 is 27.6 Å². The minimum Gasteiger partial charge on any atom is -0.373 e. The van der Waals surface area contributed by atoms with Crippen LogP contribution in [0.2, 0.25) is 0 Å². The molecule has 8 heteroatoms. The number of nitrogens with zero attached hydrogens (tertiary/aromatic N) is 1.